The zero-order chi connectivity index (χ0) is 24.7. The predicted octanol–water partition coefficient (Wildman–Crippen LogP) is 3.27. The summed E-state index contributed by atoms with van der Waals surface area (Å²) in [5.74, 6) is -0.360. The van der Waals surface area contributed by atoms with Gasteiger partial charge >= 0.3 is 6.18 Å². The number of likely N-dealkylation sites (tertiary alicyclic amines) is 1. The topological polar surface area (TPSA) is 103 Å². The number of nitrogens with zero attached hydrogens (tertiary/aromatic N) is 3. The van der Waals surface area contributed by atoms with Gasteiger partial charge in [0.05, 0.1) is 22.0 Å². The maximum atomic E-state index is 13.4. The van der Waals surface area contributed by atoms with E-state index in [2.05, 4.69) is 10.1 Å². The summed E-state index contributed by atoms with van der Waals surface area (Å²) < 4.78 is 75.2. The molecule has 184 valence electrons. The first-order chi connectivity index (χ1) is 15.8. The van der Waals surface area contributed by atoms with E-state index in [9.17, 15) is 26.4 Å². The van der Waals surface area contributed by atoms with Gasteiger partial charge in [-0.05, 0) is 57.2 Å². The summed E-state index contributed by atoms with van der Waals surface area (Å²) >= 11 is 0. The van der Waals surface area contributed by atoms with Crippen LogP contribution in [0.25, 0.3) is 0 Å². The van der Waals surface area contributed by atoms with Crippen LogP contribution in [-0.2, 0) is 20.7 Å². The molecule has 1 aliphatic heterocycles. The van der Waals surface area contributed by atoms with Gasteiger partial charge < -0.3 is 14.2 Å². The van der Waals surface area contributed by atoms with Crippen molar-refractivity contribution in [2.45, 2.75) is 61.1 Å². The maximum Gasteiger partial charge on any atom is 0.403 e. The van der Waals surface area contributed by atoms with Crippen LogP contribution in [0.15, 0.2) is 27.6 Å². The van der Waals surface area contributed by atoms with Crippen molar-refractivity contribution >= 4 is 15.7 Å². The highest BCUT2D eigenvalue weighted by Gasteiger charge is 2.70. The minimum absolute atomic E-state index is 0.00397. The minimum Gasteiger partial charge on any atom is -0.490 e. The van der Waals surface area contributed by atoms with Crippen LogP contribution in [0.5, 0.6) is 5.75 Å². The number of fused-ring (bicyclic) bond motifs is 1. The number of benzene rings is 1. The average molecular weight is 500 g/mol. The zero-order valence-electron chi connectivity index (χ0n) is 18.8. The fraction of sp³-hybridized carbons (Fsp3) is 0.591. The Morgan fingerprint density at radius 3 is 2.59 bits per heavy atom. The molecule has 0 N–H and O–H groups in total. The lowest BCUT2D eigenvalue weighted by atomic mass is 10.0. The van der Waals surface area contributed by atoms with Gasteiger partial charge in [0.15, 0.2) is 15.7 Å². The fourth-order valence-corrected chi connectivity index (χ4v) is 5.43. The summed E-state index contributed by atoms with van der Waals surface area (Å²) in [5.41, 5.74) is -2.58. The van der Waals surface area contributed by atoms with E-state index in [-0.39, 0.29) is 53.4 Å². The van der Waals surface area contributed by atoms with Gasteiger partial charge in [0.1, 0.15) is 11.2 Å². The van der Waals surface area contributed by atoms with Gasteiger partial charge in [-0.25, -0.2) is 8.42 Å². The van der Waals surface area contributed by atoms with E-state index >= 15 is 0 Å². The quantitative estimate of drug-likeness (QED) is 0.601. The number of carbonyl (C=O) groups is 1. The molecule has 8 nitrogen and oxygen atoms in total. The molecule has 2 heterocycles. The maximum absolute atomic E-state index is 13.4. The normalized spacial score (nSPS) is 25.4. The van der Waals surface area contributed by atoms with Crippen LogP contribution >= 0.6 is 0 Å². The van der Waals surface area contributed by atoms with E-state index in [1.165, 1.54) is 18.2 Å². The second-order valence-corrected chi connectivity index (χ2v) is 11.9. The molecule has 1 saturated heterocycles. The molecular formula is C22H24F3N3O5S. The second-order valence-electron chi connectivity index (χ2n) is 9.84. The molecule has 12 heteroatoms. The average Bonchev–Trinajstić information content (AvgIpc) is 3.58. The largest absolute Gasteiger partial charge is 0.490 e. The lowest BCUT2D eigenvalue weighted by Gasteiger charge is -2.22. The molecule has 5 rings (SSSR count). The Labute approximate surface area is 194 Å². The van der Waals surface area contributed by atoms with Gasteiger partial charge in [-0.3, -0.25) is 4.79 Å². The van der Waals surface area contributed by atoms with E-state index in [0.29, 0.717) is 13.0 Å². The number of halogens is 3. The van der Waals surface area contributed by atoms with Gasteiger partial charge in [-0.2, -0.15) is 18.2 Å². The molecule has 2 saturated carbocycles. The van der Waals surface area contributed by atoms with Crippen molar-refractivity contribution in [3.63, 3.8) is 0 Å². The number of alkyl halides is 3. The Morgan fingerprint density at radius 2 is 2.00 bits per heavy atom. The first kappa shape index (κ1) is 23.1. The molecule has 0 bridgehead atoms. The molecule has 2 unspecified atom stereocenters. The summed E-state index contributed by atoms with van der Waals surface area (Å²) in [6, 6.07) is 4.16. The van der Waals surface area contributed by atoms with E-state index in [1.807, 2.05) is 0 Å². The standard InChI is InChI=1S/C22H24F3N3O5S/c1-12(2)32-16-5-4-14(34(3,30)31)8-15(16)17(29)28-10-13-9-20(13,11-28)18-26-19(33-27-18)21(6-7-21)22(23,24)25/h4-5,8,12-13H,6-7,9-11H2,1-3H3. The van der Waals surface area contributed by atoms with Crippen LogP contribution in [0.2, 0.25) is 0 Å². The molecule has 1 aromatic carbocycles. The molecule has 0 radical (unpaired) electrons. The summed E-state index contributed by atoms with van der Waals surface area (Å²) in [6.07, 6.45) is -3.14. The number of piperidine rings is 1. The molecule has 2 aliphatic carbocycles. The van der Waals surface area contributed by atoms with Crippen LogP contribution in [0, 0.1) is 5.92 Å². The van der Waals surface area contributed by atoms with Gasteiger partial charge in [0.2, 0.25) is 5.89 Å². The Bertz CT molecular complexity index is 1270. The molecule has 34 heavy (non-hydrogen) atoms. The number of hydrogen-bond acceptors (Lipinski definition) is 7. The monoisotopic (exact) mass is 499 g/mol. The van der Waals surface area contributed by atoms with Crippen molar-refractivity contribution in [2.24, 2.45) is 5.92 Å². The highest BCUT2D eigenvalue weighted by molar-refractivity contribution is 7.90. The Kier molecular flexibility index (Phi) is 4.89. The summed E-state index contributed by atoms with van der Waals surface area (Å²) in [5, 5.41) is 3.87. The number of ether oxygens (including phenoxy) is 1. The first-order valence-electron chi connectivity index (χ1n) is 11.0. The summed E-state index contributed by atoms with van der Waals surface area (Å²) in [4.78, 5) is 19.1. The molecule has 1 amide bonds. The highest BCUT2D eigenvalue weighted by Crippen LogP contribution is 2.61. The van der Waals surface area contributed by atoms with Crippen molar-refractivity contribution in [1.82, 2.24) is 15.0 Å². The smallest absolute Gasteiger partial charge is 0.403 e. The van der Waals surface area contributed by atoms with Crippen molar-refractivity contribution in [2.75, 3.05) is 19.3 Å². The van der Waals surface area contributed by atoms with E-state index < -0.39 is 38.6 Å². The second kappa shape index (κ2) is 7.19. The number of amides is 1. The third kappa shape index (κ3) is 3.57. The molecule has 2 aromatic rings. The lowest BCUT2D eigenvalue weighted by molar-refractivity contribution is -0.166. The van der Waals surface area contributed by atoms with Gasteiger partial charge in [-0.1, -0.05) is 5.16 Å². The number of carbonyl (C=O) groups excluding carboxylic acids is 1. The number of aromatic nitrogens is 2. The minimum atomic E-state index is -4.45. The first-order valence-corrected chi connectivity index (χ1v) is 12.9. The third-order valence-corrected chi connectivity index (χ3v) is 8.09. The number of rotatable bonds is 6. The molecule has 3 fully saturated rings. The van der Waals surface area contributed by atoms with Crippen LogP contribution in [-0.4, -0.2) is 61.0 Å². The van der Waals surface area contributed by atoms with Crippen molar-refractivity contribution < 1.29 is 35.6 Å². The Morgan fingerprint density at radius 1 is 1.29 bits per heavy atom. The van der Waals surface area contributed by atoms with Gasteiger partial charge in [0, 0.05) is 19.3 Å². The lowest BCUT2D eigenvalue weighted by Crippen LogP contribution is -2.34. The van der Waals surface area contributed by atoms with Gasteiger partial charge in [0.25, 0.3) is 5.91 Å². The van der Waals surface area contributed by atoms with Crippen molar-refractivity contribution in [3.8, 4) is 5.75 Å². The molecule has 2 atom stereocenters. The SMILES string of the molecule is CC(C)Oc1ccc(S(C)(=O)=O)cc1C(=O)N1CC2CC2(c2noc(C3(C(F)(F)F)CC3)n2)C1. The van der Waals surface area contributed by atoms with Crippen molar-refractivity contribution in [1.29, 1.82) is 0 Å². The zero-order valence-corrected chi connectivity index (χ0v) is 19.7. The van der Waals surface area contributed by atoms with Crippen LogP contribution < -0.4 is 4.74 Å². The number of sulfone groups is 1. The van der Waals surface area contributed by atoms with Crippen LogP contribution in [0.1, 0.15) is 55.2 Å². The van der Waals surface area contributed by atoms with E-state index in [4.69, 9.17) is 9.26 Å². The van der Waals surface area contributed by atoms with Crippen LogP contribution in [0.3, 0.4) is 0 Å². The summed E-state index contributed by atoms with van der Waals surface area (Å²) in [7, 11) is -3.55. The molecule has 0 spiro atoms. The molecular weight excluding hydrogens is 475 g/mol. The van der Waals surface area contributed by atoms with Gasteiger partial charge in [-0.15, -0.1) is 0 Å². The molecule has 1 aromatic heterocycles. The summed E-state index contributed by atoms with van der Waals surface area (Å²) in [6.45, 7) is 4.15. The van der Waals surface area contributed by atoms with E-state index in [0.717, 1.165) is 6.26 Å². The highest BCUT2D eigenvalue weighted by atomic mass is 32.2. The fourth-order valence-electron chi connectivity index (χ4n) is 4.78. The molecule has 3 aliphatic rings. The Balaban J connectivity index is 1.41. The number of hydrogen-bond donors (Lipinski definition) is 0. The van der Waals surface area contributed by atoms with Crippen LogP contribution in [0.4, 0.5) is 13.2 Å². The predicted molar refractivity (Wildman–Crippen MR) is 112 cm³/mol. The Hall–Kier alpha value is -2.63. The van der Waals surface area contributed by atoms with Crippen molar-refractivity contribution in [3.05, 3.63) is 35.5 Å². The third-order valence-electron chi connectivity index (χ3n) is 6.98. The van der Waals surface area contributed by atoms with E-state index in [1.54, 1.807) is 18.7 Å².